The number of methoxy groups -OCH3 is 1. The predicted octanol–water partition coefficient (Wildman–Crippen LogP) is 5.73. The third kappa shape index (κ3) is 3.46. The first kappa shape index (κ1) is 18.1. The summed E-state index contributed by atoms with van der Waals surface area (Å²) in [4.78, 5) is 11.4. The third-order valence-electron chi connectivity index (χ3n) is 5.20. The summed E-state index contributed by atoms with van der Waals surface area (Å²) in [6, 6.07) is 19.0. The maximum Gasteiger partial charge on any atom is 0.339 e. The summed E-state index contributed by atoms with van der Waals surface area (Å²) in [5, 5.41) is 9.37. The molecule has 1 N–H and O–H groups in total. The highest BCUT2D eigenvalue weighted by molar-refractivity contribution is 5.94. The van der Waals surface area contributed by atoms with Crippen LogP contribution in [0.1, 0.15) is 34.3 Å². The average Bonchev–Trinajstić information content (AvgIpc) is 2.74. The zero-order chi connectivity index (χ0) is 19.5. The minimum atomic E-state index is -1.01. The van der Waals surface area contributed by atoms with Crippen LogP contribution < -0.4 is 9.47 Å². The molecular formula is C24H22O4. The van der Waals surface area contributed by atoms with E-state index in [1.54, 1.807) is 12.1 Å². The number of carbonyl (C=O) groups is 1. The fraction of sp³-hybridized carbons (Fsp3) is 0.208. The normalized spacial score (nSPS) is 12.9. The lowest BCUT2D eigenvalue weighted by molar-refractivity contribution is 0.0693. The van der Waals surface area contributed by atoms with Crippen molar-refractivity contribution < 1.29 is 19.4 Å². The van der Waals surface area contributed by atoms with Crippen molar-refractivity contribution in [3.63, 3.8) is 0 Å². The molecule has 0 atom stereocenters. The van der Waals surface area contributed by atoms with Gasteiger partial charge in [0.25, 0.3) is 0 Å². The largest absolute Gasteiger partial charge is 0.495 e. The lowest BCUT2D eigenvalue weighted by atomic mass is 9.91. The van der Waals surface area contributed by atoms with Crippen molar-refractivity contribution >= 4 is 5.97 Å². The topological polar surface area (TPSA) is 55.8 Å². The van der Waals surface area contributed by atoms with E-state index in [0.29, 0.717) is 5.75 Å². The highest BCUT2D eigenvalue weighted by atomic mass is 16.5. The number of carboxylic acid groups (broad SMARTS) is 1. The van der Waals surface area contributed by atoms with E-state index in [1.807, 2.05) is 36.4 Å². The van der Waals surface area contributed by atoms with Gasteiger partial charge in [0.1, 0.15) is 22.8 Å². The quantitative estimate of drug-likeness (QED) is 0.619. The van der Waals surface area contributed by atoms with Crippen LogP contribution in [0.4, 0.5) is 0 Å². The zero-order valence-corrected chi connectivity index (χ0v) is 15.8. The summed E-state index contributed by atoms with van der Waals surface area (Å²) >= 11 is 0. The Morgan fingerprint density at radius 1 is 0.929 bits per heavy atom. The number of aryl methyl sites for hydroxylation is 1. The molecule has 3 aromatic rings. The van der Waals surface area contributed by atoms with Crippen LogP contribution in [0, 0.1) is 0 Å². The summed E-state index contributed by atoms with van der Waals surface area (Å²) in [7, 11) is 1.49. The molecule has 4 rings (SSSR count). The average molecular weight is 374 g/mol. The predicted molar refractivity (Wildman–Crippen MR) is 109 cm³/mol. The van der Waals surface area contributed by atoms with Crippen LogP contribution in [0.3, 0.4) is 0 Å². The molecule has 28 heavy (non-hydrogen) atoms. The van der Waals surface area contributed by atoms with E-state index in [0.717, 1.165) is 35.5 Å². The Labute approximate surface area is 164 Å². The highest BCUT2D eigenvalue weighted by Crippen LogP contribution is 2.36. The van der Waals surface area contributed by atoms with E-state index in [9.17, 15) is 9.90 Å². The van der Waals surface area contributed by atoms with E-state index in [1.165, 1.54) is 31.1 Å². The number of ether oxygens (including phenoxy) is 2. The SMILES string of the molecule is COc1c(C(=O)O)cccc1-c1ccc(Oc2cccc3c2CCCC3)cc1. The molecule has 0 spiro atoms. The molecule has 3 aromatic carbocycles. The van der Waals surface area contributed by atoms with Gasteiger partial charge in [0.2, 0.25) is 0 Å². The zero-order valence-electron chi connectivity index (χ0n) is 15.8. The van der Waals surface area contributed by atoms with Gasteiger partial charge in [-0.2, -0.15) is 0 Å². The van der Waals surface area contributed by atoms with Crippen molar-refractivity contribution in [2.45, 2.75) is 25.7 Å². The van der Waals surface area contributed by atoms with E-state index in [4.69, 9.17) is 9.47 Å². The maximum atomic E-state index is 11.4. The number of hydrogen-bond donors (Lipinski definition) is 1. The summed E-state index contributed by atoms with van der Waals surface area (Å²) in [5.74, 6) is 1.04. The van der Waals surface area contributed by atoms with Gasteiger partial charge in [0.05, 0.1) is 7.11 Å². The van der Waals surface area contributed by atoms with Gasteiger partial charge in [0, 0.05) is 5.56 Å². The Balaban J connectivity index is 1.62. The van der Waals surface area contributed by atoms with Gasteiger partial charge in [-0.15, -0.1) is 0 Å². The third-order valence-corrected chi connectivity index (χ3v) is 5.20. The number of para-hydroxylation sites is 1. The molecule has 1 aliphatic carbocycles. The fourth-order valence-electron chi connectivity index (χ4n) is 3.82. The van der Waals surface area contributed by atoms with Crippen LogP contribution in [0.2, 0.25) is 0 Å². The number of fused-ring (bicyclic) bond motifs is 1. The summed E-state index contributed by atoms with van der Waals surface area (Å²) in [6.45, 7) is 0. The van der Waals surface area contributed by atoms with Crippen molar-refractivity contribution in [3.8, 4) is 28.4 Å². The van der Waals surface area contributed by atoms with Crippen LogP contribution >= 0.6 is 0 Å². The molecule has 0 unspecified atom stereocenters. The van der Waals surface area contributed by atoms with Gasteiger partial charge < -0.3 is 14.6 Å². The molecule has 0 saturated heterocycles. The molecule has 0 aromatic heterocycles. The first-order valence-corrected chi connectivity index (χ1v) is 9.46. The van der Waals surface area contributed by atoms with E-state index < -0.39 is 5.97 Å². The van der Waals surface area contributed by atoms with E-state index in [-0.39, 0.29) is 5.56 Å². The standard InChI is InChI=1S/C24H22O4/c1-27-23-20(9-5-10-21(23)24(25)26)17-12-14-18(15-13-17)28-22-11-4-7-16-6-2-3-8-19(16)22/h4-5,7,9-15H,2-3,6,8H2,1H3,(H,25,26). The smallest absolute Gasteiger partial charge is 0.339 e. The van der Waals surface area contributed by atoms with Gasteiger partial charge in [0.15, 0.2) is 0 Å². The first-order chi connectivity index (χ1) is 13.7. The molecule has 0 radical (unpaired) electrons. The van der Waals surface area contributed by atoms with Crippen LogP contribution in [-0.2, 0) is 12.8 Å². The summed E-state index contributed by atoms with van der Waals surface area (Å²) < 4.78 is 11.5. The molecule has 4 heteroatoms. The van der Waals surface area contributed by atoms with Crippen molar-refractivity contribution in [1.29, 1.82) is 0 Å². The van der Waals surface area contributed by atoms with Crippen LogP contribution in [0.5, 0.6) is 17.2 Å². The Kier molecular flexibility index (Phi) is 5.02. The van der Waals surface area contributed by atoms with Gasteiger partial charge in [-0.05, 0) is 66.6 Å². The molecule has 0 bridgehead atoms. The lowest BCUT2D eigenvalue weighted by Crippen LogP contribution is -2.04. The Bertz CT molecular complexity index is 1010. The number of carboxylic acids is 1. The van der Waals surface area contributed by atoms with Crippen LogP contribution in [0.25, 0.3) is 11.1 Å². The van der Waals surface area contributed by atoms with Gasteiger partial charge in [-0.25, -0.2) is 4.79 Å². The Morgan fingerprint density at radius 3 is 2.43 bits per heavy atom. The molecular weight excluding hydrogens is 352 g/mol. The second-order valence-corrected chi connectivity index (χ2v) is 6.92. The Hall–Kier alpha value is -3.27. The summed E-state index contributed by atoms with van der Waals surface area (Å²) in [6.07, 6.45) is 4.61. The second kappa shape index (κ2) is 7.77. The number of hydrogen-bond acceptors (Lipinski definition) is 3. The molecule has 0 aliphatic heterocycles. The van der Waals surface area contributed by atoms with Crippen molar-refractivity contribution in [3.05, 3.63) is 77.4 Å². The minimum absolute atomic E-state index is 0.149. The number of benzene rings is 3. The number of aromatic carboxylic acids is 1. The monoisotopic (exact) mass is 374 g/mol. The molecule has 0 fully saturated rings. The van der Waals surface area contributed by atoms with Crippen molar-refractivity contribution in [2.75, 3.05) is 7.11 Å². The molecule has 142 valence electrons. The van der Waals surface area contributed by atoms with Crippen LogP contribution in [-0.4, -0.2) is 18.2 Å². The lowest BCUT2D eigenvalue weighted by Gasteiger charge is -2.19. The van der Waals surface area contributed by atoms with Gasteiger partial charge in [-0.3, -0.25) is 0 Å². The van der Waals surface area contributed by atoms with E-state index >= 15 is 0 Å². The Morgan fingerprint density at radius 2 is 1.68 bits per heavy atom. The maximum absolute atomic E-state index is 11.4. The first-order valence-electron chi connectivity index (χ1n) is 9.46. The van der Waals surface area contributed by atoms with Crippen LogP contribution in [0.15, 0.2) is 60.7 Å². The highest BCUT2D eigenvalue weighted by Gasteiger charge is 2.17. The van der Waals surface area contributed by atoms with Gasteiger partial charge >= 0.3 is 5.97 Å². The summed E-state index contributed by atoms with van der Waals surface area (Å²) in [5.41, 5.74) is 4.47. The molecule has 0 amide bonds. The van der Waals surface area contributed by atoms with Crippen molar-refractivity contribution in [2.24, 2.45) is 0 Å². The second-order valence-electron chi connectivity index (χ2n) is 6.92. The fourth-order valence-corrected chi connectivity index (χ4v) is 3.82. The minimum Gasteiger partial charge on any atom is -0.495 e. The molecule has 0 heterocycles. The number of rotatable bonds is 5. The molecule has 1 aliphatic rings. The van der Waals surface area contributed by atoms with Crippen molar-refractivity contribution in [1.82, 2.24) is 0 Å². The molecule has 0 saturated carbocycles. The van der Waals surface area contributed by atoms with Gasteiger partial charge in [-0.1, -0.05) is 36.4 Å². The van der Waals surface area contributed by atoms with E-state index in [2.05, 4.69) is 12.1 Å². The molecule has 4 nitrogen and oxygen atoms in total.